The first-order chi connectivity index (χ1) is 11.0. The highest BCUT2D eigenvalue weighted by Gasteiger charge is 2.49. The van der Waals surface area contributed by atoms with E-state index in [1.807, 2.05) is 0 Å². The van der Waals surface area contributed by atoms with Crippen molar-refractivity contribution in [2.24, 2.45) is 5.92 Å². The molecular formula is C14H8NO6S2-. The van der Waals surface area contributed by atoms with Gasteiger partial charge in [-0.15, -0.1) is 0 Å². The van der Waals surface area contributed by atoms with E-state index in [4.69, 9.17) is 4.74 Å². The number of thioether (sulfide) groups is 1. The average Bonchev–Trinajstić information content (AvgIpc) is 2.85. The molecule has 0 saturated heterocycles. The Morgan fingerprint density at radius 3 is 2.87 bits per heavy atom. The van der Waals surface area contributed by atoms with E-state index < -0.39 is 29.0 Å². The van der Waals surface area contributed by atoms with Crippen molar-refractivity contribution >= 4 is 35.0 Å². The van der Waals surface area contributed by atoms with Crippen molar-refractivity contribution in [3.63, 3.8) is 0 Å². The summed E-state index contributed by atoms with van der Waals surface area (Å²) in [5, 5.41) is 20.3. The molecule has 2 N–H and O–H groups in total. The minimum Gasteiger partial charge on any atom is -0.549 e. The SMILES string of the molecule is O=C([O-])C1Sc2[nH]c(=O)sc2C2c3ccc(O)cc3OC(=O)C12. The van der Waals surface area contributed by atoms with Crippen molar-refractivity contribution in [2.75, 3.05) is 0 Å². The molecule has 0 spiro atoms. The lowest BCUT2D eigenvalue weighted by Crippen LogP contribution is -2.48. The maximum atomic E-state index is 12.3. The van der Waals surface area contributed by atoms with Gasteiger partial charge < -0.3 is 24.7 Å². The van der Waals surface area contributed by atoms with Crippen LogP contribution in [0.3, 0.4) is 0 Å². The number of carboxylic acids is 1. The molecule has 2 aliphatic rings. The number of carbonyl (C=O) groups is 2. The van der Waals surface area contributed by atoms with Gasteiger partial charge in [-0.3, -0.25) is 9.59 Å². The summed E-state index contributed by atoms with van der Waals surface area (Å²) in [5.74, 6) is -3.59. The molecule has 2 aliphatic heterocycles. The van der Waals surface area contributed by atoms with Crippen molar-refractivity contribution < 1.29 is 24.5 Å². The summed E-state index contributed by atoms with van der Waals surface area (Å²) >= 11 is 1.84. The minimum absolute atomic E-state index is 0.0703. The van der Waals surface area contributed by atoms with Crippen LogP contribution in [0.5, 0.6) is 11.5 Å². The molecule has 4 rings (SSSR count). The number of aliphatic carboxylic acids is 1. The number of carbonyl (C=O) groups excluding carboxylic acids is 2. The van der Waals surface area contributed by atoms with Gasteiger partial charge in [0.15, 0.2) is 0 Å². The second-order valence-corrected chi connectivity index (χ2v) is 7.38. The van der Waals surface area contributed by atoms with Crippen LogP contribution >= 0.6 is 23.1 Å². The molecule has 0 aliphatic carbocycles. The van der Waals surface area contributed by atoms with Crippen LogP contribution in [-0.4, -0.2) is 27.3 Å². The Hall–Kier alpha value is -2.26. The van der Waals surface area contributed by atoms with Gasteiger partial charge >= 0.3 is 10.8 Å². The monoisotopic (exact) mass is 350 g/mol. The lowest BCUT2D eigenvalue weighted by Gasteiger charge is -2.39. The normalized spacial score (nSPS) is 25.0. The van der Waals surface area contributed by atoms with Gasteiger partial charge in [-0.2, -0.15) is 0 Å². The number of nitrogens with one attached hydrogen (secondary N) is 1. The van der Waals surface area contributed by atoms with E-state index in [9.17, 15) is 24.6 Å². The van der Waals surface area contributed by atoms with Crippen LogP contribution < -0.4 is 14.7 Å². The number of aromatic hydroxyl groups is 1. The number of hydrogen-bond acceptors (Lipinski definition) is 8. The molecule has 0 amide bonds. The van der Waals surface area contributed by atoms with Crippen molar-refractivity contribution in [3.05, 3.63) is 38.3 Å². The summed E-state index contributed by atoms with van der Waals surface area (Å²) in [6, 6.07) is 4.30. The van der Waals surface area contributed by atoms with Gasteiger partial charge in [0.05, 0.1) is 22.2 Å². The van der Waals surface area contributed by atoms with Gasteiger partial charge in [0, 0.05) is 22.4 Å². The van der Waals surface area contributed by atoms with E-state index in [2.05, 4.69) is 4.98 Å². The van der Waals surface area contributed by atoms with Crippen molar-refractivity contribution in [1.82, 2.24) is 4.98 Å². The largest absolute Gasteiger partial charge is 0.549 e. The molecule has 23 heavy (non-hydrogen) atoms. The fourth-order valence-electron chi connectivity index (χ4n) is 2.99. The highest BCUT2D eigenvalue weighted by atomic mass is 32.2. The number of aromatic nitrogens is 1. The molecule has 7 nitrogen and oxygen atoms in total. The Balaban J connectivity index is 1.98. The Morgan fingerprint density at radius 2 is 2.13 bits per heavy atom. The third kappa shape index (κ3) is 2.07. The lowest BCUT2D eigenvalue weighted by molar-refractivity contribution is -0.306. The molecule has 1 aromatic carbocycles. The van der Waals surface area contributed by atoms with Crippen molar-refractivity contribution in [2.45, 2.75) is 16.2 Å². The second-order valence-electron chi connectivity index (χ2n) is 5.21. The van der Waals surface area contributed by atoms with Crippen molar-refractivity contribution in [3.8, 4) is 11.5 Å². The summed E-state index contributed by atoms with van der Waals surface area (Å²) in [7, 11) is 0. The summed E-state index contributed by atoms with van der Waals surface area (Å²) < 4.78 is 5.20. The van der Waals surface area contributed by atoms with Crippen LogP contribution in [0.1, 0.15) is 16.4 Å². The van der Waals surface area contributed by atoms with Gasteiger partial charge in [0.2, 0.25) is 0 Å². The van der Waals surface area contributed by atoms with E-state index in [1.54, 1.807) is 6.07 Å². The van der Waals surface area contributed by atoms with Gasteiger partial charge in [0.25, 0.3) is 0 Å². The Kier molecular flexibility index (Phi) is 3.03. The first-order valence-electron chi connectivity index (χ1n) is 6.61. The number of benzene rings is 1. The summed E-state index contributed by atoms with van der Waals surface area (Å²) in [4.78, 5) is 38.4. The molecule has 0 fully saturated rings. The summed E-state index contributed by atoms with van der Waals surface area (Å²) in [5.41, 5.74) is 0.565. The van der Waals surface area contributed by atoms with Crippen LogP contribution in [0.15, 0.2) is 28.0 Å². The fraction of sp³-hybridized carbons (Fsp3) is 0.214. The molecule has 3 unspecified atom stereocenters. The zero-order valence-corrected chi connectivity index (χ0v) is 12.9. The zero-order valence-electron chi connectivity index (χ0n) is 11.3. The van der Waals surface area contributed by atoms with E-state index in [0.717, 1.165) is 23.1 Å². The van der Waals surface area contributed by atoms with E-state index in [0.29, 0.717) is 15.5 Å². The first-order valence-corrected chi connectivity index (χ1v) is 8.30. The number of phenols is 1. The predicted molar refractivity (Wildman–Crippen MR) is 78.7 cm³/mol. The van der Waals surface area contributed by atoms with E-state index in [1.165, 1.54) is 12.1 Å². The number of hydrogen-bond donors (Lipinski definition) is 2. The first kappa shape index (κ1) is 14.3. The second kappa shape index (κ2) is 4.87. The predicted octanol–water partition coefficient (Wildman–Crippen LogP) is 0.0333. The molecule has 9 heteroatoms. The van der Waals surface area contributed by atoms with Crippen LogP contribution in [0.4, 0.5) is 0 Å². The maximum absolute atomic E-state index is 12.3. The van der Waals surface area contributed by atoms with Crippen molar-refractivity contribution in [1.29, 1.82) is 0 Å². The van der Waals surface area contributed by atoms with Gasteiger partial charge in [-0.25, -0.2) is 0 Å². The Bertz CT molecular complexity index is 901. The average molecular weight is 350 g/mol. The molecule has 0 radical (unpaired) electrons. The molecule has 3 atom stereocenters. The Morgan fingerprint density at radius 1 is 1.35 bits per heavy atom. The number of rotatable bonds is 1. The minimum atomic E-state index is -1.39. The number of thiazole rings is 1. The molecule has 0 saturated carbocycles. The van der Waals surface area contributed by atoms with E-state index in [-0.39, 0.29) is 16.4 Å². The third-order valence-corrected chi connectivity index (χ3v) is 6.29. The number of fused-ring (bicyclic) bond motifs is 5. The number of ether oxygens (including phenoxy) is 1. The topological polar surface area (TPSA) is 120 Å². The summed E-state index contributed by atoms with van der Waals surface area (Å²) in [6.07, 6.45) is 0. The number of aromatic amines is 1. The van der Waals surface area contributed by atoms with Crippen LogP contribution in [0.25, 0.3) is 0 Å². The highest BCUT2D eigenvalue weighted by molar-refractivity contribution is 8.00. The molecule has 0 bridgehead atoms. The number of phenolic OH excluding ortho intramolecular Hbond substituents is 1. The smallest absolute Gasteiger partial charge is 0.316 e. The lowest BCUT2D eigenvalue weighted by atomic mass is 9.80. The van der Waals surface area contributed by atoms with Crippen LogP contribution in [-0.2, 0) is 9.59 Å². The molecule has 118 valence electrons. The van der Waals surface area contributed by atoms with Crippen LogP contribution in [0.2, 0.25) is 0 Å². The van der Waals surface area contributed by atoms with Crippen LogP contribution in [0, 0.1) is 5.92 Å². The highest BCUT2D eigenvalue weighted by Crippen LogP contribution is 2.53. The standard InChI is InChI=1S/C14H9NO6S2/c16-4-1-2-5-6(3-4)21-13(19)8-7(5)9-11(15-14(20)23-9)22-10(8)12(17)18/h1-3,7-8,10,16H,(H,15,20)(H,17,18)/p-1. The number of esters is 1. The quantitative estimate of drug-likeness (QED) is 0.550. The van der Waals surface area contributed by atoms with Gasteiger partial charge in [0.1, 0.15) is 11.5 Å². The summed E-state index contributed by atoms with van der Waals surface area (Å²) in [6.45, 7) is 0. The molecule has 2 aromatic rings. The number of carboxylic acid groups (broad SMARTS) is 1. The molecule has 1 aromatic heterocycles. The number of H-pyrrole nitrogens is 1. The molecular weight excluding hydrogens is 342 g/mol. The zero-order chi connectivity index (χ0) is 16.3. The fourth-order valence-corrected chi connectivity index (χ4v) is 5.38. The third-order valence-electron chi connectivity index (χ3n) is 3.90. The van der Waals surface area contributed by atoms with E-state index >= 15 is 0 Å². The maximum Gasteiger partial charge on any atom is 0.316 e. The Labute approximate surface area is 136 Å². The van der Waals surface area contributed by atoms with Gasteiger partial charge in [-0.05, 0) is 6.07 Å². The molecule has 3 heterocycles. The van der Waals surface area contributed by atoms with Gasteiger partial charge in [-0.1, -0.05) is 29.2 Å².